The Labute approximate surface area is 176 Å². The molecule has 2 aromatic carbocycles. The van der Waals surface area contributed by atoms with E-state index in [0.29, 0.717) is 20.5 Å². The van der Waals surface area contributed by atoms with E-state index >= 15 is 0 Å². The quantitative estimate of drug-likeness (QED) is 0.605. The molecular weight excluding hydrogens is 432 g/mol. The molecule has 1 amide bonds. The third kappa shape index (κ3) is 3.02. The fraction of sp³-hybridized carbons (Fsp3) is 0.150. The number of nitrogens with zero attached hydrogens (tertiary/aromatic N) is 1. The molecule has 1 aliphatic rings. The number of halogens is 1. The lowest BCUT2D eigenvalue weighted by atomic mass is 10.0. The van der Waals surface area contributed by atoms with Crippen molar-refractivity contribution in [2.75, 3.05) is 12.4 Å². The van der Waals surface area contributed by atoms with E-state index in [1.54, 1.807) is 13.0 Å². The van der Waals surface area contributed by atoms with Gasteiger partial charge >= 0.3 is 0 Å². The van der Waals surface area contributed by atoms with Crippen molar-refractivity contribution >= 4 is 50.0 Å². The normalized spacial score (nSPS) is 18.2. The van der Waals surface area contributed by atoms with Crippen LogP contribution >= 0.6 is 11.6 Å². The van der Waals surface area contributed by atoms with Gasteiger partial charge in [-0.25, -0.2) is 8.42 Å². The van der Waals surface area contributed by atoms with Crippen molar-refractivity contribution in [1.29, 1.82) is 0 Å². The first-order valence-corrected chi connectivity index (χ1v) is 10.6. The first kappa shape index (κ1) is 20.3. The van der Waals surface area contributed by atoms with Crippen molar-refractivity contribution in [3.05, 3.63) is 69.0 Å². The van der Waals surface area contributed by atoms with Crippen LogP contribution < -0.4 is 10.7 Å². The standard InChI is InChI=1S/C20H15ClN2O6S/c1-10-7-11(21)8-13-17(24)14(9-29-19(10)13)22-20(26)16-18(25)12-5-3-4-6-15(12)30(27,28)23(16)2/h3-9,16H,1-2H3,(H,22,26). The van der Waals surface area contributed by atoms with Gasteiger partial charge in [-0.1, -0.05) is 23.7 Å². The molecule has 1 aromatic heterocycles. The summed E-state index contributed by atoms with van der Waals surface area (Å²) < 4.78 is 31.6. The van der Waals surface area contributed by atoms with Gasteiger partial charge in [-0.3, -0.25) is 14.4 Å². The SMILES string of the molecule is Cc1cc(Cl)cc2c(=O)c(NC(=O)C3C(=O)c4ccccc4S(=O)(=O)N3C)coc12. The predicted molar refractivity (Wildman–Crippen MR) is 110 cm³/mol. The lowest BCUT2D eigenvalue weighted by molar-refractivity contribution is -0.118. The van der Waals surface area contributed by atoms with Crippen molar-refractivity contribution in [2.45, 2.75) is 17.9 Å². The minimum Gasteiger partial charge on any atom is -0.462 e. The van der Waals surface area contributed by atoms with Gasteiger partial charge in [-0.15, -0.1) is 0 Å². The second kappa shape index (κ2) is 7.05. The van der Waals surface area contributed by atoms with Gasteiger partial charge in [0.2, 0.25) is 15.5 Å². The fourth-order valence-corrected chi connectivity index (χ4v) is 5.19. The lowest BCUT2D eigenvalue weighted by Gasteiger charge is -2.30. The Morgan fingerprint density at radius 3 is 2.63 bits per heavy atom. The zero-order valence-corrected chi connectivity index (χ0v) is 17.4. The highest BCUT2D eigenvalue weighted by Crippen LogP contribution is 2.29. The maximum absolute atomic E-state index is 12.9. The molecule has 1 unspecified atom stereocenters. The molecule has 0 fully saturated rings. The molecule has 1 aliphatic heterocycles. The number of aryl methyl sites for hydroxylation is 1. The van der Waals surface area contributed by atoms with Crippen LogP contribution in [0.15, 0.2) is 56.8 Å². The molecule has 2 heterocycles. The second-order valence-corrected chi connectivity index (χ2v) is 9.25. The number of hydrogen-bond donors (Lipinski definition) is 1. The highest BCUT2D eigenvalue weighted by atomic mass is 35.5. The summed E-state index contributed by atoms with van der Waals surface area (Å²) >= 11 is 6.01. The van der Waals surface area contributed by atoms with Gasteiger partial charge in [0.25, 0.3) is 5.91 Å². The number of Topliss-reactive ketones (excluding diaryl/α,β-unsaturated/α-hetero) is 1. The number of anilines is 1. The Hall–Kier alpha value is -3.01. The van der Waals surface area contributed by atoms with Gasteiger partial charge < -0.3 is 9.73 Å². The van der Waals surface area contributed by atoms with E-state index in [2.05, 4.69) is 5.32 Å². The molecule has 0 spiro atoms. The Morgan fingerprint density at radius 2 is 1.90 bits per heavy atom. The maximum Gasteiger partial charge on any atom is 0.251 e. The predicted octanol–water partition coefficient (Wildman–Crippen LogP) is 2.58. The van der Waals surface area contributed by atoms with Crippen molar-refractivity contribution in [3.8, 4) is 0 Å². The van der Waals surface area contributed by atoms with Crippen LogP contribution in [-0.2, 0) is 14.8 Å². The molecule has 8 nitrogen and oxygen atoms in total. The summed E-state index contributed by atoms with van der Waals surface area (Å²) in [5.41, 5.74) is 0.0711. The number of benzene rings is 2. The number of nitrogens with one attached hydrogen (secondary N) is 1. The van der Waals surface area contributed by atoms with Gasteiger partial charge in [0.15, 0.2) is 11.8 Å². The van der Waals surface area contributed by atoms with Crippen molar-refractivity contribution < 1.29 is 22.4 Å². The van der Waals surface area contributed by atoms with E-state index in [1.807, 2.05) is 0 Å². The van der Waals surface area contributed by atoms with Gasteiger partial charge in [0.05, 0.1) is 10.3 Å². The summed E-state index contributed by atoms with van der Waals surface area (Å²) in [6, 6.07) is 7.02. The zero-order chi connectivity index (χ0) is 21.8. The first-order chi connectivity index (χ1) is 14.1. The number of sulfonamides is 1. The molecule has 0 saturated heterocycles. The average molecular weight is 447 g/mol. The highest BCUT2D eigenvalue weighted by molar-refractivity contribution is 7.89. The molecule has 10 heteroatoms. The van der Waals surface area contributed by atoms with Crippen LogP contribution in [0.1, 0.15) is 15.9 Å². The highest BCUT2D eigenvalue weighted by Gasteiger charge is 2.45. The summed E-state index contributed by atoms with van der Waals surface area (Å²) in [6.45, 7) is 1.72. The van der Waals surface area contributed by atoms with Crippen LogP contribution in [0.25, 0.3) is 11.0 Å². The Kier molecular flexibility index (Phi) is 4.76. The van der Waals surface area contributed by atoms with E-state index in [4.69, 9.17) is 16.0 Å². The summed E-state index contributed by atoms with van der Waals surface area (Å²) in [7, 11) is -2.93. The number of carbonyl (C=O) groups is 2. The second-order valence-electron chi connectivity index (χ2n) is 6.85. The van der Waals surface area contributed by atoms with Gasteiger partial charge in [0.1, 0.15) is 17.5 Å². The monoisotopic (exact) mass is 446 g/mol. The number of amides is 1. The third-order valence-corrected chi connectivity index (χ3v) is 7.05. The molecule has 30 heavy (non-hydrogen) atoms. The minimum absolute atomic E-state index is 0.0799. The fourth-order valence-electron chi connectivity index (χ4n) is 3.44. The van der Waals surface area contributed by atoms with Crippen LogP contribution in [0.2, 0.25) is 5.02 Å². The van der Waals surface area contributed by atoms with E-state index in [9.17, 15) is 22.8 Å². The maximum atomic E-state index is 12.9. The summed E-state index contributed by atoms with van der Waals surface area (Å²) in [4.78, 5) is 38.3. The average Bonchev–Trinajstić information content (AvgIpc) is 2.69. The largest absolute Gasteiger partial charge is 0.462 e. The molecule has 1 N–H and O–H groups in total. The van der Waals surface area contributed by atoms with Crippen LogP contribution in [0.5, 0.6) is 0 Å². The molecule has 0 radical (unpaired) electrons. The van der Waals surface area contributed by atoms with Crippen molar-refractivity contribution in [2.24, 2.45) is 0 Å². The summed E-state index contributed by atoms with van der Waals surface area (Å²) in [5.74, 6) is -1.66. The molecular formula is C20H15ClN2O6S. The number of fused-ring (bicyclic) bond motifs is 2. The number of rotatable bonds is 2. The Bertz CT molecular complexity index is 1400. The number of hydrogen-bond acceptors (Lipinski definition) is 6. The van der Waals surface area contributed by atoms with Gasteiger partial charge in [-0.05, 0) is 36.8 Å². The van der Waals surface area contributed by atoms with E-state index in [-0.39, 0.29) is 21.5 Å². The number of carbonyl (C=O) groups excluding carboxylic acids is 2. The van der Waals surface area contributed by atoms with Crippen molar-refractivity contribution in [1.82, 2.24) is 4.31 Å². The first-order valence-electron chi connectivity index (χ1n) is 8.76. The molecule has 0 bridgehead atoms. The zero-order valence-electron chi connectivity index (χ0n) is 15.8. The van der Waals surface area contributed by atoms with Crippen LogP contribution in [0, 0.1) is 6.92 Å². The third-order valence-electron chi connectivity index (χ3n) is 4.95. The number of likely N-dealkylation sites (N-methyl/N-ethyl adjacent to an activating group) is 1. The Morgan fingerprint density at radius 1 is 1.20 bits per heavy atom. The lowest BCUT2D eigenvalue weighted by Crippen LogP contribution is -2.53. The Balaban J connectivity index is 1.75. The van der Waals surface area contributed by atoms with Crippen LogP contribution in [0.3, 0.4) is 0 Å². The van der Waals surface area contributed by atoms with Gasteiger partial charge in [0, 0.05) is 17.6 Å². The smallest absolute Gasteiger partial charge is 0.251 e. The minimum atomic E-state index is -4.06. The topological polar surface area (TPSA) is 114 Å². The molecule has 3 aromatic rings. The molecule has 154 valence electrons. The van der Waals surface area contributed by atoms with E-state index in [0.717, 1.165) is 13.3 Å². The van der Waals surface area contributed by atoms with Crippen LogP contribution in [0.4, 0.5) is 5.69 Å². The number of ketones is 1. The van der Waals surface area contributed by atoms with Crippen LogP contribution in [-0.4, -0.2) is 37.5 Å². The van der Waals surface area contributed by atoms with Gasteiger partial charge in [-0.2, -0.15) is 4.31 Å². The van der Waals surface area contributed by atoms with Crippen molar-refractivity contribution in [3.63, 3.8) is 0 Å². The molecule has 0 aliphatic carbocycles. The molecule has 1 atom stereocenters. The summed E-state index contributed by atoms with van der Waals surface area (Å²) in [5, 5.41) is 2.80. The molecule has 4 rings (SSSR count). The van der Waals surface area contributed by atoms with E-state index in [1.165, 1.54) is 30.3 Å². The molecule has 0 saturated carbocycles. The summed E-state index contributed by atoms with van der Waals surface area (Å²) in [6.07, 6.45) is 1.05. The van der Waals surface area contributed by atoms with E-state index < -0.39 is 33.2 Å².